The highest BCUT2D eigenvalue weighted by molar-refractivity contribution is 6.00. The Morgan fingerprint density at radius 1 is 0.975 bits per heavy atom. The van der Waals surface area contributed by atoms with E-state index in [0.29, 0.717) is 17.7 Å². The third-order valence-electron chi connectivity index (χ3n) is 6.36. The lowest BCUT2D eigenvalue weighted by atomic mass is 9.95. The quantitative estimate of drug-likeness (QED) is 0.316. The van der Waals surface area contributed by atoms with Crippen LogP contribution in [-0.2, 0) is 19.1 Å². The van der Waals surface area contributed by atoms with Gasteiger partial charge in [-0.1, -0.05) is 61.7 Å². The molecule has 0 radical (unpaired) electrons. The number of alkyl carbamates (subject to hydrolysis) is 1. The van der Waals surface area contributed by atoms with Crippen molar-refractivity contribution in [3.8, 4) is 0 Å². The van der Waals surface area contributed by atoms with Crippen molar-refractivity contribution in [1.29, 1.82) is 0 Å². The Labute approximate surface area is 237 Å². The lowest BCUT2D eigenvalue weighted by Crippen LogP contribution is -2.53. The van der Waals surface area contributed by atoms with Gasteiger partial charge in [-0.3, -0.25) is 14.4 Å². The number of carbonyl (C=O) groups excluding carboxylic acids is 4. The Morgan fingerprint density at radius 2 is 1.65 bits per heavy atom. The number of nitrogens with zero attached hydrogens (tertiary/aromatic N) is 1. The van der Waals surface area contributed by atoms with Gasteiger partial charge in [0.2, 0.25) is 11.8 Å². The molecule has 0 aliphatic carbocycles. The molecule has 0 bridgehead atoms. The maximum absolute atomic E-state index is 14.2. The summed E-state index contributed by atoms with van der Waals surface area (Å²) in [5.74, 6) is -1.76. The summed E-state index contributed by atoms with van der Waals surface area (Å²) in [6.07, 6.45) is 1.04. The zero-order valence-electron chi connectivity index (χ0n) is 24.8. The van der Waals surface area contributed by atoms with E-state index in [4.69, 9.17) is 10.5 Å². The normalized spacial score (nSPS) is 12.7. The van der Waals surface area contributed by atoms with Crippen LogP contribution in [0.4, 0.5) is 10.5 Å². The number of nitrogens with two attached hydrogens (primary N) is 1. The first-order chi connectivity index (χ1) is 18.7. The first-order valence-corrected chi connectivity index (χ1v) is 13.8. The number of para-hydroxylation sites is 1. The molecule has 0 heterocycles. The molecule has 218 valence electrons. The number of hydrogen-bond acceptors (Lipinski definition) is 5. The molecule has 0 aliphatic rings. The van der Waals surface area contributed by atoms with Gasteiger partial charge in [0.25, 0.3) is 5.91 Å². The number of unbranched alkanes of at least 4 members (excludes halogenated alkanes) is 2. The van der Waals surface area contributed by atoms with Gasteiger partial charge in [0.1, 0.15) is 17.7 Å². The van der Waals surface area contributed by atoms with E-state index in [-0.39, 0.29) is 6.54 Å². The fourth-order valence-electron chi connectivity index (χ4n) is 4.45. The predicted octanol–water partition coefficient (Wildman–Crippen LogP) is 5.08. The number of primary amides is 1. The average molecular weight is 553 g/mol. The van der Waals surface area contributed by atoms with Crippen LogP contribution < -0.4 is 16.4 Å². The lowest BCUT2D eigenvalue weighted by Gasteiger charge is -2.35. The molecule has 4 N–H and O–H groups in total. The highest BCUT2D eigenvalue weighted by Gasteiger charge is 2.37. The maximum Gasteiger partial charge on any atom is 0.408 e. The van der Waals surface area contributed by atoms with Crippen molar-refractivity contribution in [3.63, 3.8) is 0 Å². The van der Waals surface area contributed by atoms with Crippen LogP contribution >= 0.6 is 0 Å². The highest BCUT2D eigenvalue weighted by atomic mass is 16.6. The Balaban J connectivity index is 2.60. The largest absolute Gasteiger partial charge is 0.444 e. The van der Waals surface area contributed by atoms with Gasteiger partial charge in [0.05, 0.1) is 6.42 Å². The number of ether oxygens (including phenoxy) is 1. The minimum atomic E-state index is -1.31. The molecule has 0 fully saturated rings. The molecule has 2 atom stereocenters. The average Bonchev–Trinajstić information content (AvgIpc) is 2.83. The first kappa shape index (κ1) is 32.3. The number of anilines is 1. The molecule has 40 heavy (non-hydrogen) atoms. The number of carbonyl (C=O) groups is 4. The molecule has 2 rings (SSSR count). The SMILES string of the molecule is CCCCCN(C(=O)C(CC(N)=O)NC(=O)OC(C)(C)C)C(C(=O)Nc1ccccc1C)c1ccc(C)cc1C. The van der Waals surface area contributed by atoms with Crippen molar-refractivity contribution in [2.75, 3.05) is 11.9 Å². The van der Waals surface area contributed by atoms with Crippen LogP contribution in [0.1, 0.15) is 81.7 Å². The van der Waals surface area contributed by atoms with E-state index in [1.165, 1.54) is 4.90 Å². The van der Waals surface area contributed by atoms with Crippen molar-refractivity contribution in [2.45, 2.75) is 91.8 Å². The van der Waals surface area contributed by atoms with Crippen LogP contribution in [0, 0.1) is 20.8 Å². The molecular formula is C31H44N4O5. The van der Waals surface area contributed by atoms with E-state index in [1.54, 1.807) is 26.8 Å². The fraction of sp³-hybridized carbons (Fsp3) is 0.484. The van der Waals surface area contributed by atoms with Crippen LogP contribution in [0.25, 0.3) is 0 Å². The zero-order chi connectivity index (χ0) is 30.0. The summed E-state index contributed by atoms with van der Waals surface area (Å²) < 4.78 is 5.34. The Kier molecular flexibility index (Phi) is 11.7. The number of benzene rings is 2. The first-order valence-electron chi connectivity index (χ1n) is 13.8. The van der Waals surface area contributed by atoms with Gasteiger partial charge in [-0.25, -0.2) is 4.79 Å². The van der Waals surface area contributed by atoms with Crippen LogP contribution in [0.15, 0.2) is 42.5 Å². The fourth-order valence-corrected chi connectivity index (χ4v) is 4.45. The third-order valence-corrected chi connectivity index (χ3v) is 6.36. The molecular weight excluding hydrogens is 508 g/mol. The van der Waals surface area contributed by atoms with Gasteiger partial charge < -0.3 is 26.0 Å². The van der Waals surface area contributed by atoms with E-state index < -0.39 is 47.9 Å². The molecule has 9 heteroatoms. The van der Waals surface area contributed by atoms with E-state index in [0.717, 1.165) is 29.5 Å². The molecule has 2 aromatic rings. The van der Waals surface area contributed by atoms with Gasteiger partial charge in [0, 0.05) is 12.2 Å². The van der Waals surface area contributed by atoms with Crippen LogP contribution in [0.2, 0.25) is 0 Å². The zero-order valence-corrected chi connectivity index (χ0v) is 24.8. The summed E-state index contributed by atoms with van der Waals surface area (Å²) >= 11 is 0. The molecule has 0 aromatic heterocycles. The molecule has 0 saturated heterocycles. The molecule has 2 aromatic carbocycles. The summed E-state index contributed by atoms with van der Waals surface area (Å²) in [5, 5.41) is 5.51. The molecule has 2 unspecified atom stereocenters. The molecule has 4 amide bonds. The molecule has 9 nitrogen and oxygen atoms in total. The predicted molar refractivity (Wildman–Crippen MR) is 157 cm³/mol. The van der Waals surface area contributed by atoms with E-state index in [1.807, 2.05) is 64.1 Å². The maximum atomic E-state index is 14.2. The second-order valence-corrected chi connectivity index (χ2v) is 11.2. The van der Waals surface area contributed by atoms with Crippen molar-refractivity contribution in [2.24, 2.45) is 5.73 Å². The molecule has 0 aliphatic heterocycles. The summed E-state index contributed by atoms with van der Waals surface area (Å²) in [6.45, 7) is 13.1. The number of hydrogen-bond donors (Lipinski definition) is 3. The van der Waals surface area contributed by atoms with E-state index in [2.05, 4.69) is 10.6 Å². The monoisotopic (exact) mass is 552 g/mol. The van der Waals surface area contributed by atoms with Gasteiger partial charge in [-0.05, 0) is 70.7 Å². The van der Waals surface area contributed by atoms with Crippen LogP contribution in [0.3, 0.4) is 0 Å². The second kappa shape index (κ2) is 14.5. The van der Waals surface area contributed by atoms with Crippen molar-refractivity contribution in [3.05, 3.63) is 64.7 Å². The van der Waals surface area contributed by atoms with Gasteiger partial charge in [0.15, 0.2) is 0 Å². The molecule has 0 saturated carbocycles. The van der Waals surface area contributed by atoms with Crippen molar-refractivity contribution in [1.82, 2.24) is 10.2 Å². The van der Waals surface area contributed by atoms with Gasteiger partial charge in [-0.15, -0.1) is 0 Å². The topological polar surface area (TPSA) is 131 Å². The highest BCUT2D eigenvalue weighted by Crippen LogP contribution is 2.29. The Hall–Kier alpha value is -3.88. The van der Waals surface area contributed by atoms with Gasteiger partial charge >= 0.3 is 6.09 Å². The Morgan fingerprint density at radius 3 is 2.23 bits per heavy atom. The lowest BCUT2D eigenvalue weighted by molar-refractivity contribution is -0.142. The number of aryl methyl sites for hydroxylation is 3. The molecule has 0 spiro atoms. The van der Waals surface area contributed by atoms with E-state index >= 15 is 0 Å². The third kappa shape index (κ3) is 9.70. The minimum absolute atomic E-state index is 0.233. The van der Waals surface area contributed by atoms with E-state index in [9.17, 15) is 19.2 Å². The van der Waals surface area contributed by atoms with Crippen LogP contribution in [0.5, 0.6) is 0 Å². The van der Waals surface area contributed by atoms with Gasteiger partial charge in [-0.2, -0.15) is 0 Å². The van der Waals surface area contributed by atoms with Crippen LogP contribution in [-0.4, -0.2) is 46.9 Å². The minimum Gasteiger partial charge on any atom is -0.444 e. The summed E-state index contributed by atoms with van der Waals surface area (Å²) in [7, 11) is 0. The summed E-state index contributed by atoms with van der Waals surface area (Å²) in [5.41, 5.74) is 8.67. The number of nitrogens with one attached hydrogen (secondary N) is 2. The smallest absolute Gasteiger partial charge is 0.408 e. The summed E-state index contributed by atoms with van der Waals surface area (Å²) in [4.78, 5) is 54.3. The summed E-state index contributed by atoms with van der Waals surface area (Å²) in [6, 6.07) is 10.7. The van der Waals surface area contributed by atoms with Crippen molar-refractivity contribution < 1.29 is 23.9 Å². The standard InChI is InChI=1S/C31H44N4O5/c1-8-9-12-17-35(29(38)25(19-26(32)36)34-30(39)40-31(5,6)7)27(23-16-15-20(2)18-22(23)4)28(37)33-24-14-11-10-13-21(24)3/h10-11,13-16,18,25,27H,8-9,12,17,19H2,1-7H3,(H2,32,36)(H,33,37)(H,34,39). The number of amides is 4. The Bertz CT molecular complexity index is 1200. The number of rotatable bonds is 12. The second-order valence-electron chi connectivity index (χ2n) is 11.2. The van der Waals surface area contributed by atoms with Crippen molar-refractivity contribution >= 4 is 29.5 Å².